The minimum absolute atomic E-state index is 0. The Morgan fingerprint density at radius 1 is 1.43 bits per heavy atom. The molecule has 78 valence electrons. The summed E-state index contributed by atoms with van der Waals surface area (Å²) in [5.74, 6) is -0.0431. The maximum Gasteiger partial charge on any atom is 0.139 e. The summed E-state index contributed by atoms with van der Waals surface area (Å²) in [6, 6.07) is 2.56. The number of aromatic hydroxyl groups is 1. The van der Waals surface area contributed by atoms with Crippen molar-refractivity contribution in [3.63, 3.8) is 0 Å². The highest BCUT2D eigenvalue weighted by atomic mass is 35.5. The smallest absolute Gasteiger partial charge is 0.139 e. The molecule has 14 heavy (non-hydrogen) atoms. The van der Waals surface area contributed by atoms with Gasteiger partial charge in [0.2, 0.25) is 0 Å². The molecule has 2 nitrogen and oxygen atoms in total. The van der Waals surface area contributed by atoms with Crippen LogP contribution in [0, 0.1) is 0 Å². The molecule has 1 atom stereocenters. The van der Waals surface area contributed by atoms with Crippen molar-refractivity contribution in [1.82, 2.24) is 0 Å². The molecule has 3 N–H and O–H groups in total. The topological polar surface area (TPSA) is 46.2 Å². The van der Waals surface area contributed by atoms with E-state index < -0.39 is 6.04 Å². The summed E-state index contributed by atoms with van der Waals surface area (Å²) in [7, 11) is 0. The molecule has 0 saturated carbocycles. The quantitative estimate of drug-likeness (QED) is 0.796. The SMILES string of the molecule is C=C[C@H](N)c1cc(Cl)cc(Cl)c1O.Cl. The first kappa shape index (κ1) is 13.6. The van der Waals surface area contributed by atoms with E-state index in [1.54, 1.807) is 6.07 Å². The van der Waals surface area contributed by atoms with Crippen LogP contribution in [0.2, 0.25) is 10.0 Å². The first-order valence-electron chi connectivity index (χ1n) is 3.62. The van der Waals surface area contributed by atoms with Gasteiger partial charge in [-0.1, -0.05) is 29.3 Å². The summed E-state index contributed by atoms with van der Waals surface area (Å²) >= 11 is 11.4. The molecule has 0 heterocycles. The van der Waals surface area contributed by atoms with Gasteiger partial charge in [-0.15, -0.1) is 19.0 Å². The highest BCUT2D eigenvalue weighted by Gasteiger charge is 2.11. The monoisotopic (exact) mass is 253 g/mol. The van der Waals surface area contributed by atoms with Crippen LogP contribution in [0.25, 0.3) is 0 Å². The van der Waals surface area contributed by atoms with E-state index in [9.17, 15) is 5.11 Å². The Morgan fingerprint density at radius 2 is 2.00 bits per heavy atom. The van der Waals surface area contributed by atoms with Gasteiger partial charge in [-0.2, -0.15) is 0 Å². The van der Waals surface area contributed by atoms with Crippen LogP contribution in [0.1, 0.15) is 11.6 Å². The molecule has 0 amide bonds. The van der Waals surface area contributed by atoms with Crippen molar-refractivity contribution in [2.45, 2.75) is 6.04 Å². The number of phenols is 1. The summed E-state index contributed by atoms with van der Waals surface area (Å²) in [6.07, 6.45) is 1.50. The van der Waals surface area contributed by atoms with E-state index in [4.69, 9.17) is 28.9 Å². The van der Waals surface area contributed by atoms with E-state index in [0.29, 0.717) is 10.6 Å². The first-order valence-corrected chi connectivity index (χ1v) is 4.38. The van der Waals surface area contributed by atoms with Crippen LogP contribution in [-0.2, 0) is 0 Å². The lowest BCUT2D eigenvalue weighted by Gasteiger charge is -2.10. The van der Waals surface area contributed by atoms with E-state index in [0.717, 1.165) is 0 Å². The third-order valence-corrected chi connectivity index (χ3v) is 2.18. The molecule has 0 fully saturated rings. The summed E-state index contributed by atoms with van der Waals surface area (Å²) < 4.78 is 0. The molecule has 1 aromatic carbocycles. The third-order valence-electron chi connectivity index (χ3n) is 1.67. The van der Waals surface area contributed by atoms with E-state index in [1.165, 1.54) is 12.1 Å². The second kappa shape index (κ2) is 5.47. The molecule has 5 heteroatoms. The van der Waals surface area contributed by atoms with E-state index >= 15 is 0 Å². The fourth-order valence-electron chi connectivity index (χ4n) is 0.967. The van der Waals surface area contributed by atoms with Gasteiger partial charge in [0.05, 0.1) is 11.1 Å². The van der Waals surface area contributed by atoms with Gasteiger partial charge in [0.25, 0.3) is 0 Å². The molecule has 0 bridgehead atoms. The molecule has 0 aliphatic heterocycles. The Morgan fingerprint density at radius 3 is 2.50 bits per heavy atom. The van der Waals surface area contributed by atoms with Crippen LogP contribution in [0.5, 0.6) is 5.75 Å². The largest absolute Gasteiger partial charge is 0.506 e. The maximum atomic E-state index is 9.51. The standard InChI is InChI=1S/C9H9Cl2NO.ClH/c1-2-8(12)6-3-5(10)4-7(11)9(6)13;/h2-4,8,13H,1,12H2;1H/t8-;/m0./s1. The normalized spacial score (nSPS) is 11.6. The van der Waals surface area contributed by atoms with Crippen molar-refractivity contribution in [3.8, 4) is 5.75 Å². The molecule has 0 aliphatic carbocycles. The second-order valence-electron chi connectivity index (χ2n) is 2.59. The molecule has 0 radical (unpaired) electrons. The van der Waals surface area contributed by atoms with Crippen molar-refractivity contribution in [2.24, 2.45) is 5.73 Å². The predicted molar refractivity (Wildman–Crippen MR) is 62.5 cm³/mol. The molecule has 1 aromatic rings. The van der Waals surface area contributed by atoms with Crippen molar-refractivity contribution in [3.05, 3.63) is 40.4 Å². The minimum Gasteiger partial charge on any atom is -0.506 e. The molecule has 0 unspecified atom stereocenters. The van der Waals surface area contributed by atoms with Gasteiger partial charge in [0.15, 0.2) is 0 Å². The zero-order valence-corrected chi connectivity index (χ0v) is 9.53. The average Bonchev–Trinajstić information content (AvgIpc) is 2.10. The number of hydrogen-bond acceptors (Lipinski definition) is 2. The number of phenolic OH excluding ortho intramolecular Hbond substituents is 1. The van der Waals surface area contributed by atoms with Gasteiger partial charge in [-0.05, 0) is 12.1 Å². The summed E-state index contributed by atoms with van der Waals surface area (Å²) in [6.45, 7) is 3.52. The van der Waals surface area contributed by atoms with Gasteiger partial charge in [-0.3, -0.25) is 0 Å². The molecular formula is C9H10Cl3NO. The fourth-order valence-corrected chi connectivity index (χ4v) is 1.48. The third kappa shape index (κ3) is 2.79. The van der Waals surface area contributed by atoms with Crippen molar-refractivity contribution < 1.29 is 5.11 Å². The summed E-state index contributed by atoms with van der Waals surface area (Å²) in [5.41, 5.74) is 6.12. The van der Waals surface area contributed by atoms with Crippen LogP contribution in [0.4, 0.5) is 0 Å². The maximum absolute atomic E-state index is 9.51. The number of benzene rings is 1. The highest BCUT2D eigenvalue weighted by Crippen LogP contribution is 2.34. The molecule has 0 aliphatic rings. The number of hydrogen-bond donors (Lipinski definition) is 2. The Balaban J connectivity index is 0.00000169. The van der Waals surface area contributed by atoms with Crippen LogP contribution < -0.4 is 5.73 Å². The van der Waals surface area contributed by atoms with Gasteiger partial charge >= 0.3 is 0 Å². The van der Waals surface area contributed by atoms with Crippen molar-refractivity contribution in [1.29, 1.82) is 0 Å². The molecule has 0 aromatic heterocycles. The number of halogens is 3. The van der Waals surface area contributed by atoms with Gasteiger partial charge < -0.3 is 10.8 Å². The molecule has 0 spiro atoms. The molecular weight excluding hydrogens is 244 g/mol. The lowest BCUT2D eigenvalue weighted by Crippen LogP contribution is -2.06. The van der Waals surface area contributed by atoms with Crippen LogP contribution in [-0.4, -0.2) is 5.11 Å². The zero-order valence-electron chi connectivity index (χ0n) is 7.21. The Hall–Kier alpha value is -0.410. The lowest BCUT2D eigenvalue weighted by molar-refractivity contribution is 0.466. The first-order chi connectivity index (χ1) is 6.06. The van der Waals surface area contributed by atoms with Gasteiger partial charge in [-0.25, -0.2) is 0 Å². The molecule has 0 saturated heterocycles. The Bertz CT molecular complexity index is 341. The average molecular weight is 255 g/mol. The molecule has 1 rings (SSSR count). The van der Waals surface area contributed by atoms with Gasteiger partial charge in [0, 0.05) is 10.6 Å². The fraction of sp³-hybridized carbons (Fsp3) is 0.111. The van der Waals surface area contributed by atoms with Crippen molar-refractivity contribution in [2.75, 3.05) is 0 Å². The van der Waals surface area contributed by atoms with E-state index in [2.05, 4.69) is 6.58 Å². The number of rotatable bonds is 2. The highest BCUT2D eigenvalue weighted by molar-refractivity contribution is 6.35. The van der Waals surface area contributed by atoms with Crippen LogP contribution >= 0.6 is 35.6 Å². The predicted octanol–water partition coefficient (Wildman–Crippen LogP) is 3.31. The number of nitrogens with two attached hydrogens (primary N) is 1. The van der Waals surface area contributed by atoms with Crippen molar-refractivity contribution >= 4 is 35.6 Å². The van der Waals surface area contributed by atoms with Crippen LogP contribution in [0.15, 0.2) is 24.8 Å². The Labute approximate surface area is 98.7 Å². The van der Waals surface area contributed by atoms with Crippen LogP contribution in [0.3, 0.4) is 0 Å². The zero-order chi connectivity index (χ0) is 10.0. The van der Waals surface area contributed by atoms with Gasteiger partial charge in [0.1, 0.15) is 5.75 Å². The summed E-state index contributed by atoms with van der Waals surface area (Å²) in [5, 5.41) is 10.1. The van der Waals surface area contributed by atoms with E-state index in [-0.39, 0.29) is 23.2 Å². The van der Waals surface area contributed by atoms with E-state index in [1.807, 2.05) is 0 Å². The summed E-state index contributed by atoms with van der Waals surface area (Å²) in [4.78, 5) is 0. The lowest BCUT2D eigenvalue weighted by atomic mass is 10.1. The Kier molecular flexibility index (Phi) is 5.31. The second-order valence-corrected chi connectivity index (χ2v) is 3.43. The minimum atomic E-state index is -0.462.